The monoisotopic (exact) mass is 177 g/mol. The molecule has 2 fully saturated rings. The van der Waals surface area contributed by atoms with Gasteiger partial charge in [0.1, 0.15) is 0 Å². The van der Waals surface area contributed by atoms with Gasteiger partial charge in [-0.2, -0.15) is 0 Å². The Hall–Kier alpha value is -1.12. The zero-order valence-electron chi connectivity index (χ0n) is 7.41. The SMILES string of the molecule is CC1=C[C@@H]2C[C@@H]1[C@H]1C(=O)NC(=O)[C@@H]12. The van der Waals surface area contributed by atoms with E-state index in [-0.39, 0.29) is 23.7 Å². The topological polar surface area (TPSA) is 46.2 Å². The van der Waals surface area contributed by atoms with E-state index in [9.17, 15) is 9.59 Å². The number of carbonyl (C=O) groups is 2. The lowest BCUT2D eigenvalue weighted by atomic mass is 9.82. The molecule has 68 valence electrons. The van der Waals surface area contributed by atoms with Gasteiger partial charge < -0.3 is 0 Å². The molecule has 13 heavy (non-hydrogen) atoms. The smallest absolute Gasteiger partial charge is 0.231 e. The summed E-state index contributed by atoms with van der Waals surface area (Å²) < 4.78 is 0. The average Bonchev–Trinajstić information content (AvgIpc) is 2.64. The molecular formula is C10H11NO2. The lowest BCUT2D eigenvalue weighted by Gasteiger charge is -2.18. The summed E-state index contributed by atoms with van der Waals surface area (Å²) in [5.41, 5.74) is 1.30. The molecule has 0 spiro atoms. The fourth-order valence-corrected chi connectivity index (χ4v) is 3.20. The highest BCUT2D eigenvalue weighted by molar-refractivity contribution is 6.06. The molecule has 4 atom stereocenters. The van der Waals surface area contributed by atoms with Gasteiger partial charge in [-0.3, -0.25) is 14.9 Å². The van der Waals surface area contributed by atoms with E-state index in [1.54, 1.807) is 0 Å². The third-order valence-corrected chi connectivity index (χ3v) is 3.72. The van der Waals surface area contributed by atoms with Gasteiger partial charge in [-0.05, 0) is 25.2 Å². The van der Waals surface area contributed by atoms with Crippen LogP contribution in [0.25, 0.3) is 0 Å². The predicted octanol–water partition coefficient (Wildman–Crippen LogP) is 0.471. The van der Waals surface area contributed by atoms with Crippen molar-refractivity contribution in [2.45, 2.75) is 13.3 Å². The molecule has 0 unspecified atom stereocenters. The molecule has 0 aromatic carbocycles. The standard InChI is InChI=1S/C10H11NO2/c1-4-2-5-3-6(4)8-7(5)9(12)11-10(8)13/h2,5-8H,3H2,1H3,(H,11,12,13)/t5-,6+,7-,8-/m1/s1. The molecule has 1 saturated heterocycles. The van der Waals surface area contributed by atoms with Crippen LogP contribution >= 0.6 is 0 Å². The number of hydrogen-bond donors (Lipinski definition) is 1. The molecule has 0 aromatic rings. The molecular weight excluding hydrogens is 166 g/mol. The van der Waals surface area contributed by atoms with Crippen molar-refractivity contribution in [3.63, 3.8) is 0 Å². The summed E-state index contributed by atoms with van der Waals surface area (Å²) in [6, 6.07) is 0. The van der Waals surface area contributed by atoms with Gasteiger partial charge in [0.05, 0.1) is 11.8 Å². The maximum atomic E-state index is 11.4. The first-order valence-electron chi connectivity index (χ1n) is 4.71. The van der Waals surface area contributed by atoms with E-state index in [0.29, 0.717) is 11.8 Å². The van der Waals surface area contributed by atoms with Crippen molar-refractivity contribution in [3.05, 3.63) is 11.6 Å². The number of amides is 2. The third-order valence-electron chi connectivity index (χ3n) is 3.72. The van der Waals surface area contributed by atoms with Crippen molar-refractivity contribution in [3.8, 4) is 0 Å². The average molecular weight is 177 g/mol. The van der Waals surface area contributed by atoms with Gasteiger partial charge in [-0.1, -0.05) is 11.6 Å². The predicted molar refractivity (Wildman–Crippen MR) is 45.5 cm³/mol. The van der Waals surface area contributed by atoms with Crippen LogP contribution in [0, 0.1) is 23.7 Å². The maximum Gasteiger partial charge on any atom is 0.231 e. The summed E-state index contributed by atoms with van der Waals surface area (Å²) >= 11 is 0. The van der Waals surface area contributed by atoms with E-state index >= 15 is 0 Å². The number of nitrogens with one attached hydrogen (secondary N) is 1. The van der Waals surface area contributed by atoms with Crippen LogP contribution in [0.2, 0.25) is 0 Å². The summed E-state index contributed by atoms with van der Waals surface area (Å²) in [5.74, 6) is 0.507. The Morgan fingerprint density at radius 1 is 1.31 bits per heavy atom. The summed E-state index contributed by atoms with van der Waals surface area (Å²) in [4.78, 5) is 22.8. The third kappa shape index (κ3) is 0.705. The summed E-state index contributed by atoms with van der Waals surface area (Å²) in [7, 11) is 0. The minimum absolute atomic E-state index is 0.0394. The van der Waals surface area contributed by atoms with Gasteiger partial charge in [0, 0.05) is 0 Å². The van der Waals surface area contributed by atoms with Gasteiger partial charge in [-0.15, -0.1) is 0 Å². The van der Waals surface area contributed by atoms with E-state index in [4.69, 9.17) is 0 Å². The number of imide groups is 1. The molecule has 1 aliphatic heterocycles. The number of rotatable bonds is 0. The zero-order chi connectivity index (χ0) is 9.16. The molecule has 2 bridgehead atoms. The van der Waals surface area contributed by atoms with Crippen LogP contribution in [0.1, 0.15) is 13.3 Å². The Labute approximate surface area is 76.2 Å². The number of fused-ring (bicyclic) bond motifs is 5. The second kappa shape index (κ2) is 2.03. The fourth-order valence-electron chi connectivity index (χ4n) is 3.20. The highest BCUT2D eigenvalue weighted by Gasteiger charge is 2.57. The first-order chi connectivity index (χ1) is 6.18. The second-order valence-electron chi connectivity index (χ2n) is 4.32. The van der Waals surface area contributed by atoms with E-state index < -0.39 is 0 Å². The first kappa shape index (κ1) is 7.30. The van der Waals surface area contributed by atoms with Crippen molar-refractivity contribution < 1.29 is 9.59 Å². The minimum atomic E-state index is -0.0498. The van der Waals surface area contributed by atoms with Crippen LogP contribution < -0.4 is 5.32 Å². The molecule has 1 saturated carbocycles. The minimum Gasteiger partial charge on any atom is -0.296 e. The molecule has 3 heteroatoms. The quantitative estimate of drug-likeness (QED) is 0.432. The Bertz CT molecular complexity index is 345. The summed E-state index contributed by atoms with van der Waals surface area (Å²) in [6.07, 6.45) is 3.18. The first-order valence-corrected chi connectivity index (χ1v) is 4.71. The van der Waals surface area contributed by atoms with Crippen LogP contribution in [0.3, 0.4) is 0 Å². The van der Waals surface area contributed by atoms with Crippen molar-refractivity contribution >= 4 is 11.8 Å². The molecule has 0 radical (unpaired) electrons. The largest absolute Gasteiger partial charge is 0.296 e. The number of hydrogen-bond acceptors (Lipinski definition) is 2. The Morgan fingerprint density at radius 3 is 2.77 bits per heavy atom. The summed E-state index contributed by atoms with van der Waals surface area (Å²) in [5, 5.41) is 2.43. The van der Waals surface area contributed by atoms with Crippen LogP contribution in [0.15, 0.2) is 11.6 Å². The molecule has 0 aromatic heterocycles. The highest BCUT2D eigenvalue weighted by Crippen LogP contribution is 2.53. The Morgan fingerprint density at radius 2 is 2.00 bits per heavy atom. The van der Waals surface area contributed by atoms with Gasteiger partial charge >= 0.3 is 0 Å². The van der Waals surface area contributed by atoms with Gasteiger partial charge in [0.15, 0.2) is 0 Å². The van der Waals surface area contributed by atoms with Crippen LogP contribution in [0.5, 0.6) is 0 Å². The molecule has 1 heterocycles. The zero-order valence-corrected chi connectivity index (χ0v) is 7.41. The molecule has 2 aliphatic carbocycles. The Kier molecular flexibility index (Phi) is 1.14. The normalized spacial score (nSPS) is 46.4. The van der Waals surface area contributed by atoms with Crippen molar-refractivity contribution in [1.82, 2.24) is 5.32 Å². The molecule has 3 rings (SSSR count). The van der Waals surface area contributed by atoms with Gasteiger partial charge in [0.2, 0.25) is 11.8 Å². The maximum absolute atomic E-state index is 11.4. The van der Waals surface area contributed by atoms with Crippen LogP contribution in [-0.2, 0) is 9.59 Å². The summed E-state index contributed by atoms with van der Waals surface area (Å²) in [6.45, 7) is 2.07. The molecule has 2 amide bonds. The van der Waals surface area contributed by atoms with E-state index in [1.165, 1.54) is 5.57 Å². The fraction of sp³-hybridized carbons (Fsp3) is 0.600. The lowest BCUT2D eigenvalue weighted by Crippen LogP contribution is -2.25. The van der Waals surface area contributed by atoms with Gasteiger partial charge in [-0.25, -0.2) is 0 Å². The highest BCUT2D eigenvalue weighted by atomic mass is 16.2. The van der Waals surface area contributed by atoms with E-state index in [0.717, 1.165) is 6.42 Å². The lowest BCUT2D eigenvalue weighted by molar-refractivity contribution is -0.126. The molecule has 3 nitrogen and oxygen atoms in total. The second-order valence-corrected chi connectivity index (χ2v) is 4.32. The van der Waals surface area contributed by atoms with Crippen LogP contribution in [-0.4, -0.2) is 11.8 Å². The van der Waals surface area contributed by atoms with Crippen molar-refractivity contribution in [2.24, 2.45) is 23.7 Å². The Balaban J connectivity index is 2.08. The van der Waals surface area contributed by atoms with Gasteiger partial charge in [0.25, 0.3) is 0 Å². The molecule has 3 aliphatic rings. The number of allylic oxidation sites excluding steroid dienone is 2. The van der Waals surface area contributed by atoms with Crippen molar-refractivity contribution in [1.29, 1.82) is 0 Å². The molecule has 1 N–H and O–H groups in total. The van der Waals surface area contributed by atoms with E-state index in [2.05, 4.69) is 18.3 Å². The van der Waals surface area contributed by atoms with E-state index in [1.807, 2.05) is 0 Å². The number of carbonyl (C=O) groups excluding carboxylic acids is 2. The van der Waals surface area contributed by atoms with Crippen molar-refractivity contribution in [2.75, 3.05) is 0 Å². The van der Waals surface area contributed by atoms with Crippen LogP contribution in [0.4, 0.5) is 0 Å².